The Morgan fingerprint density at radius 2 is 1.73 bits per heavy atom. The Kier molecular flexibility index (Phi) is 12.7. The molecule has 1 aromatic heterocycles. The van der Waals surface area contributed by atoms with Crippen molar-refractivity contribution in [3.8, 4) is 17.2 Å². The van der Waals surface area contributed by atoms with Crippen LogP contribution in [0, 0.1) is 6.92 Å². The monoisotopic (exact) mass is 826 g/mol. The molecule has 0 aliphatic carbocycles. The molecule has 18 nitrogen and oxygen atoms in total. The number of rotatable bonds is 15. The standard InChI is InChI=1S/C34H41ClN4O14P2/c1-19-30-20(14-27(47-5)31(19)48-6)13-24(37-30)32(41)39-17-21(16-35)29-23-10-8-7-9-22(23)26(15-25(29)39)52-55(45,46)53-54(43,44)50-12-11-36-28(40)18-49-38-33(42)51-34(2,3)4/h7-10,13-15,21,37H,11-12,16-18H2,1-6H3,(H,36,40)(H,38,42)(H,43,44)(H,45,46)/t21-/m1/s1. The van der Waals surface area contributed by atoms with Gasteiger partial charge in [0.2, 0.25) is 5.91 Å². The number of H-pyrrole nitrogens is 1. The third-order valence-corrected chi connectivity index (χ3v) is 11.1. The minimum absolute atomic E-state index is 0.143. The number of carbonyl (C=O) groups is 3. The van der Waals surface area contributed by atoms with E-state index in [9.17, 15) is 33.3 Å². The molecule has 2 unspecified atom stereocenters. The van der Waals surface area contributed by atoms with E-state index in [0.29, 0.717) is 44.4 Å². The molecule has 3 atom stereocenters. The summed E-state index contributed by atoms with van der Waals surface area (Å²) < 4.78 is 56.4. The first-order chi connectivity index (χ1) is 25.9. The maximum absolute atomic E-state index is 14.2. The van der Waals surface area contributed by atoms with Crippen molar-refractivity contribution in [3.05, 3.63) is 59.3 Å². The molecule has 0 spiro atoms. The second kappa shape index (κ2) is 16.8. The van der Waals surface area contributed by atoms with Gasteiger partial charge in [0, 0.05) is 47.3 Å². The van der Waals surface area contributed by atoms with Crippen LogP contribution in [0.1, 0.15) is 48.3 Å². The van der Waals surface area contributed by atoms with Gasteiger partial charge in [-0.15, -0.1) is 11.6 Å². The first-order valence-corrected chi connectivity index (χ1v) is 20.2. The van der Waals surface area contributed by atoms with Gasteiger partial charge in [-0.3, -0.25) is 23.8 Å². The number of fused-ring (bicyclic) bond motifs is 4. The fourth-order valence-corrected chi connectivity index (χ4v) is 8.37. The largest absolute Gasteiger partial charge is 0.536 e. The zero-order valence-electron chi connectivity index (χ0n) is 30.7. The molecule has 3 amide bonds. The fraction of sp³-hybridized carbons (Fsp3) is 0.382. The number of hydroxylamine groups is 1. The lowest BCUT2D eigenvalue weighted by atomic mass is 9.95. The number of hydrogen-bond acceptors (Lipinski definition) is 12. The second-order valence-corrected chi connectivity index (χ2v) is 16.5. The summed E-state index contributed by atoms with van der Waals surface area (Å²) in [6.07, 6.45) is -0.917. The number of aromatic amines is 1. The molecule has 0 bridgehead atoms. The predicted molar refractivity (Wildman–Crippen MR) is 201 cm³/mol. The molecule has 298 valence electrons. The predicted octanol–water partition coefficient (Wildman–Crippen LogP) is 5.81. The van der Waals surface area contributed by atoms with Crippen molar-refractivity contribution in [2.75, 3.05) is 51.3 Å². The van der Waals surface area contributed by atoms with Crippen molar-refractivity contribution in [2.45, 2.75) is 39.2 Å². The number of alkyl halides is 1. The van der Waals surface area contributed by atoms with Gasteiger partial charge in [-0.2, -0.15) is 9.79 Å². The number of aromatic nitrogens is 1. The van der Waals surface area contributed by atoms with E-state index in [1.165, 1.54) is 25.2 Å². The lowest BCUT2D eigenvalue weighted by Crippen LogP contribution is -2.36. The van der Waals surface area contributed by atoms with Gasteiger partial charge in [-0.05, 0) is 50.8 Å². The lowest BCUT2D eigenvalue weighted by Gasteiger charge is -2.21. The minimum atomic E-state index is -5.39. The van der Waals surface area contributed by atoms with Gasteiger partial charge in [0.05, 0.1) is 32.0 Å². The van der Waals surface area contributed by atoms with Crippen LogP contribution in [0.15, 0.2) is 42.5 Å². The molecule has 5 rings (SSSR count). The number of amides is 3. The van der Waals surface area contributed by atoms with Crippen LogP contribution in [0.25, 0.3) is 21.7 Å². The van der Waals surface area contributed by atoms with Crippen molar-refractivity contribution in [1.82, 2.24) is 15.8 Å². The van der Waals surface area contributed by atoms with Crippen LogP contribution in [-0.2, 0) is 32.3 Å². The number of carbonyl (C=O) groups excluding carboxylic acids is 3. The summed E-state index contributed by atoms with van der Waals surface area (Å²) in [6.45, 7) is 5.30. The molecule has 5 N–H and O–H groups in total. The Balaban J connectivity index is 1.30. The molecule has 1 aliphatic heterocycles. The van der Waals surface area contributed by atoms with E-state index >= 15 is 0 Å². The highest BCUT2D eigenvalue weighted by atomic mass is 35.5. The molecule has 0 saturated carbocycles. The van der Waals surface area contributed by atoms with Crippen LogP contribution in [0.2, 0.25) is 0 Å². The molecule has 1 aliphatic rings. The van der Waals surface area contributed by atoms with Gasteiger partial charge in [-0.25, -0.2) is 13.9 Å². The average molecular weight is 827 g/mol. The normalized spacial score (nSPS) is 16.2. The summed E-state index contributed by atoms with van der Waals surface area (Å²) in [5.41, 5.74) is 3.79. The van der Waals surface area contributed by atoms with Crippen LogP contribution in [0.3, 0.4) is 0 Å². The maximum Gasteiger partial charge on any atom is 0.536 e. The Hall–Kier alpha value is -4.38. The molecule has 3 aromatic carbocycles. The van der Waals surface area contributed by atoms with Crippen LogP contribution < -0.4 is 29.7 Å². The van der Waals surface area contributed by atoms with Crippen molar-refractivity contribution >= 4 is 72.5 Å². The van der Waals surface area contributed by atoms with Crippen molar-refractivity contribution in [1.29, 1.82) is 0 Å². The number of nitrogens with one attached hydrogen (secondary N) is 3. The molecule has 2 heterocycles. The Morgan fingerprint density at radius 3 is 2.38 bits per heavy atom. The number of methoxy groups -OCH3 is 2. The number of benzene rings is 3. The molecule has 0 saturated heterocycles. The van der Waals surface area contributed by atoms with E-state index in [1.807, 2.05) is 12.4 Å². The Morgan fingerprint density at radius 1 is 1.02 bits per heavy atom. The molecule has 4 aromatic rings. The van der Waals surface area contributed by atoms with Gasteiger partial charge < -0.3 is 38.8 Å². The highest BCUT2D eigenvalue weighted by molar-refractivity contribution is 7.61. The summed E-state index contributed by atoms with van der Waals surface area (Å²) in [7, 11) is -7.62. The number of aryl methyl sites for hydroxylation is 1. The summed E-state index contributed by atoms with van der Waals surface area (Å²) in [5.74, 6) is -0.594. The SMILES string of the molecule is COc1cc2cc(C(=O)N3C[C@@H](CCl)c4c3cc(OP(=O)(O)OP(=O)(O)OCCNC(=O)CONC(=O)OC(C)(C)C)c3ccccc43)[nH]c2c(C)c1OC. The van der Waals surface area contributed by atoms with E-state index in [-0.39, 0.29) is 36.3 Å². The maximum atomic E-state index is 14.2. The smallest absolute Gasteiger partial charge is 0.493 e. The molecule has 21 heteroatoms. The zero-order valence-corrected chi connectivity index (χ0v) is 33.2. The molecular formula is C34H41ClN4O14P2. The van der Waals surface area contributed by atoms with Gasteiger partial charge in [-0.1, -0.05) is 24.3 Å². The minimum Gasteiger partial charge on any atom is -0.493 e. The van der Waals surface area contributed by atoms with Crippen LogP contribution in [0.5, 0.6) is 17.2 Å². The van der Waals surface area contributed by atoms with E-state index in [1.54, 1.807) is 57.2 Å². The Labute approximate surface area is 320 Å². The lowest BCUT2D eigenvalue weighted by molar-refractivity contribution is -0.128. The van der Waals surface area contributed by atoms with Crippen LogP contribution >= 0.6 is 27.2 Å². The highest BCUT2D eigenvalue weighted by Crippen LogP contribution is 2.61. The van der Waals surface area contributed by atoms with Crippen molar-refractivity contribution in [2.24, 2.45) is 0 Å². The summed E-state index contributed by atoms with van der Waals surface area (Å²) in [4.78, 5) is 67.9. The molecule has 0 fully saturated rings. The summed E-state index contributed by atoms with van der Waals surface area (Å²) in [5, 5.41) is 3.89. The summed E-state index contributed by atoms with van der Waals surface area (Å²) in [6, 6.07) is 11.5. The highest BCUT2D eigenvalue weighted by Gasteiger charge is 2.40. The quantitative estimate of drug-likeness (QED) is 0.0412. The zero-order chi connectivity index (χ0) is 40.3. The topological polar surface area (TPSA) is 234 Å². The second-order valence-electron chi connectivity index (χ2n) is 13.2. The first kappa shape index (κ1) is 41.8. The number of hydrogen-bond donors (Lipinski definition) is 5. The van der Waals surface area contributed by atoms with Crippen molar-refractivity contribution in [3.63, 3.8) is 0 Å². The van der Waals surface area contributed by atoms with Gasteiger partial charge in [0.15, 0.2) is 18.1 Å². The van der Waals surface area contributed by atoms with E-state index in [0.717, 1.165) is 5.56 Å². The van der Waals surface area contributed by atoms with Gasteiger partial charge >= 0.3 is 21.7 Å². The van der Waals surface area contributed by atoms with E-state index in [2.05, 4.69) is 14.6 Å². The first-order valence-electron chi connectivity index (χ1n) is 16.6. The summed E-state index contributed by atoms with van der Waals surface area (Å²) >= 11 is 6.41. The van der Waals surface area contributed by atoms with Crippen LogP contribution in [0.4, 0.5) is 10.5 Å². The average Bonchev–Trinajstić information content (AvgIpc) is 3.70. The third-order valence-electron chi connectivity index (χ3n) is 8.14. The van der Waals surface area contributed by atoms with E-state index < -0.39 is 52.4 Å². The van der Waals surface area contributed by atoms with Gasteiger partial charge in [0.25, 0.3) is 5.91 Å². The molecule has 0 radical (unpaired) electrons. The number of halogens is 1. The number of ether oxygens (including phenoxy) is 3. The van der Waals surface area contributed by atoms with E-state index in [4.69, 9.17) is 39.7 Å². The molecule has 55 heavy (non-hydrogen) atoms. The third kappa shape index (κ3) is 9.90. The fourth-order valence-electron chi connectivity index (χ4n) is 6.03. The molecular weight excluding hydrogens is 786 g/mol. The van der Waals surface area contributed by atoms with Crippen LogP contribution in [-0.4, -0.2) is 84.7 Å². The number of nitrogens with zero attached hydrogens (tertiary/aromatic N) is 1. The Bertz CT molecular complexity index is 2210. The number of anilines is 1. The number of phosphoric ester groups is 2. The number of phosphoric acid groups is 2. The van der Waals surface area contributed by atoms with Gasteiger partial charge in [0.1, 0.15) is 17.0 Å². The van der Waals surface area contributed by atoms with Crippen molar-refractivity contribution < 1.29 is 65.7 Å².